The molecular formula is C17H23N3O3. The number of aromatic hydroxyl groups is 1. The van der Waals surface area contributed by atoms with Crippen LogP contribution in [0.1, 0.15) is 24.5 Å². The highest BCUT2D eigenvalue weighted by Gasteiger charge is 2.16. The smallest absolute Gasteiger partial charge is 0.248 e. The highest BCUT2D eigenvalue weighted by atomic mass is 16.3. The Morgan fingerprint density at radius 3 is 2.78 bits per heavy atom. The lowest BCUT2D eigenvalue weighted by Gasteiger charge is -2.23. The maximum absolute atomic E-state index is 11.4. The molecule has 1 fully saturated rings. The van der Waals surface area contributed by atoms with Crippen LogP contribution in [0.4, 0.5) is 0 Å². The number of phenols is 1. The van der Waals surface area contributed by atoms with E-state index >= 15 is 0 Å². The minimum absolute atomic E-state index is 0.0105. The minimum atomic E-state index is -0.689. The summed E-state index contributed by atoms with van der Waals surface area (Å²) in [5.74, 6) is 0.660. The Kier molecular flexibility index (Phi) is 4.95. The molecule has 23 heavy (non-hydrogen) atoms. The van der Waals surface area contributed by atoms with Crippen LogP contribution >= 0.6 is 0 Å². The third-order valence-electron chi connectivity index (χ3n) is 4.50. The van der Waals surface area contributed by atoms with Crippen LogP contribution < -0.4 is 16.2 Å². The summed E-state index contributed by atoms with van der Waals surface area (Å²) >= 11 is 0. The molecule has 3 rings (SSSR count). The first kappa shape index (κ1) is 16.0. The van der Waals surface area contributed by atoms with Gasteiger partial charge in [0.1, 0.15) is 5.75 Å². The quantitative estimate of drug-likeness (QED) is 0.563. The van der Waals surface area contributed by atoms with Gasteiger partial charge in [-0.25, -0.2) is 0 Å². The van der Waals surface area contributed by atoms with Gasteiger partial charge in [0, 0.05) is 18.0 Å². The Morgan fingerprint density at radius 2 is 2.00 bits per heavy atom. The second-order valence-electron chi connectivity index (χ2n) is 6.15. The largest absolute Gasteiger partial charge is 0.506 e. The molecule has 0 radical (unpaired) electrons. The van der Waals surface area contributed by atoms with Crippen LogP contribution in [0, 0.1) is 5.92 Å². The van der Waals surface area contributed by atoms with Gasteiger partial charge in [0.25, 0.3) is 0 Å². The van der Waals surface area contributed by atoms with E-state index < -0.39 is 6.10 Å². The number of nitrogens with one attached hydrogen (secondary N) is 3. The van der Waals surface area contributed by atoms with Gasteiger partial charge in [-0.15, -0.1) is 0 Å². The highest BCUT2D eigenvalue weighted by Crippen LogP contribution is 2.28. The Balaban J connectivity index is 1.69. The fraction of sp³-hybridized carbons (Fsp3) is 0.471. The van der Waals surface area contributed by atoms with Gasteiger partial charge in [-0.1, -0.05) is 6.07 Å². The van der Waals surface area contributed by atoms with Crippen LogP contribution in [-0.2, 0) is 0 Å². The summed E-state index contributed by atoms with van der Waals surface area (Å²) in [7, 11) is 0. The molecule has 1 aliphatic rings. The monoisotopic (exact) mass is 317 g/mol. The molecule has 6 heteroatoms. The number of aliphatic hydroxyl groups is 1. The van der Waals surface area contributed by atoms with Crippen molar-refractivity contribution in [3.63, 3.8) is 0 Å². The van der Waals surface area contributed by atoms with Crippen molar-refractivity contribution in [3.8, 4) is 5.75 Å². The number of pyridine rings is 1. The van der Waals surface area contributed by atoms with E-state index in [4.69, 9.17) is 0 Å². The van der Waals surface area contributed by atoms with Crippen LogP contribution in [-0.4, -0.2) is 41.4 Å². The summed E-state index contributed by atoms with van der Waals surface area (Å²) in [6, 6.07) is 6.25. The summed E-state index contributed by atoms with van der Waals surface area (Å²) in [4.78, 5) is 14.0. The molecule has 6 nitrogen and oxygen atoms in total. The van der Waals surface area contributed by atoms with E-state index in [0.29, 0.717) is 28.9 Å². The van der Waals surface area contributed by atoms with Gasteiger partial charge >= 0.3 is 0 Å². The van der Waals surface area contributed by atoms with Gasteiger partial charge in [0.2, 0.25) is 5.56 Å². The van der Waals surface area contributed by atoms with E-state index in [9.17, 15) is 15.0 Å². The van der Waals surface area contributed by atoms with Crippen molar-refractivity contribution in [2.24, 2.45) is 5.92 Å². The van der Waals surface area contributed by atoms with Gasteiger partial charge in [0.15, 0.2) is 0 Å². The summed E-state index contributed by atoms with van der Waals surface area (Å²) in [6.07, 6.45) is 1.63. The number of fused-ring (bicyclic) bond motifs is 1. The topological polar surface area (TPSA) is 97.4 Å². The maximum atomic E-state index is 11.4. The van der Waals surface area contributed by atoms with Gasteiger partial charge in [-0.3, -0.25) is 4.79 Å². The zero-order chi connectivity index (χ0) is 16.2. The number of piperidine rings is 1. The van der Waals surface area contributed by atoms with Crippen molar-refractivity contribution < 1.29 is 10.2 Å². The van der Waals surface area contributed by atoms with Crippen molar-refractivity contribution in [3.05, 3.63) is 40.2 Å². The molecule has 0 spiro atoms. The van der Waals surface area contributed by atoms with Crippen LogP contribution in [0.5, 0.6) is 5.75 Å². The SMILES string of the molecule is O=c1ccc2c([C@@H](O)CNCC3CCNCC3)ccc(O)c2[nH]1. The lowest BCUT2D eigenvalue weighted by atomic mass is 9.98. The Hall–Kier alpha value is -1.89. The van der Waals surface area contributed by atoms with E-state index in [-0.39, 0.29) is 11.3 Å². The zero-order valence-corrected chi connectivity index (χ0v) is 13.0. The molecule has 2 heterocycles. The molecule has 0 bridgehead atoms. The first-order valence-corrected chi connectivity index (χ1v) is 8.09. The average Bonchev–Trinajstić information content (AvgIpc) is 2.56. The highest BCUT2D eigenvalue weighted by molar-refractivity contribution is 5.87. The summed E-state index contributed by atoms with van der Waals surface area (Å²) in [5, 5.41) is 27.7. The Bertz CT molecular complexity index is 723. The van der Waals surface area contributed by atoms with Crippen molar-refractivity contribution >= 4 is 10.9 Å². The normalized spacial score (nSPS) is 17.4. The minimum Gasteiger partial charge on any atom is -0.506 e. The summed E-state index contributed by atoms with van der Waals surface area (Å²) in [5.41, 5.74) is 0.794. The standard InChI is InChI=1S/C17H23N3O3/c21-14-3-1-12(13-2-4-16(23)20-17(13)14)15(22)10-19-9-11-5-7-18-8-6-11/h1-4,11,15,18-19,21-22H,5-10H2,(H,20,23)/t15-/m0/s1. The molecule has 5 N–H and O–H groups in total. The van der Waals surface area contributed by atoms with Crippen LogP contribution in [0.2, 0.25) is 0 Å². The number of phenolic OH excluding ortho intramolecular Hbond substituents is 1. The molecule has 1 aliphatic heterocycles. The van der Waals surface area contributed by atoms with Crippen LogP contribution in [0.15, 0.2) is 29.1 Å². The first-order chi connectivity index (χ1) is 11.1. The lowest BCUT2D eigenvalue weighted by molar-refractivity contribution is 0.172. The van der Waals surface area contributed by atoms with E-state index in [1.54, 1.807) is 12.1 Å². The predicted molar refractivity (Wildman–Crippen MR) is 89.7 cm³/mol. The number of rotatable bonds is 5. The van der Waals surface area contributed by atoms with Gasteiger partial charge in [-0.05, 0) is 56.1 Å². The Morgan fingerprint density at radius 1 is 1.22 bits per heavy atom. The van der Waals surface area contributed by atoms with E-state index in [1.807, 2.05) is 0 Å². The fourth-order valence-electron chi connectivity index (χ4n) is 3.17. The maximum Gasteiger partial charge on any atom is 0.248 e. The number of hydrogen-bond acceptors (Lipinski definition) is 5. The molecule has 0 amide bonds. The second-order valence-corrected chi connectivity index (χ2v) is 6.15. The van der Waals surface area contributed by atoms with Crippen molar-refractivity contribution in [2.75, 3.05) is 26.2 Å². The number of H-pyrrole nitrogens is 1. The Labute approximate surface area is 134 Å². The molecule has 0 aliphatic carbocycles. The first-order valence-electron chi connectivity index (χ1n) is 8.09. The molecule has 0 saturated carbocycles. The molecule has 2 aromatic rings. The number of aromatic amines is 1. The number of hydrogen-bond donors (Lipinski definition) is 5. The van der Waals surface area contributed by atoms with Crippen molar-refractivity contribution in [1.29, 1.82) is 0 Å². The summed E-state index contributed by atoms with van der Waals surface area (Å²) in [6.45, 7) is 3.46. The van der Waals surface area contributed by atoms with E-state index in [1.165, 1.54) is 12.1 Å². The predicted octanol–water partition coefficient (Wildman–Crippen LogP) is 0.856. The average molecular weight is 317 g/mol. The van der Waals surface area contributed by atoms with E-state index in [0.717, 1.165) is 32.5 Å². The van der Waals surface area contributed by atoms with Gasteiger partial charge < -0.3 is 25.8 Å². The lowest BCUT2D eigenvalue weighted by Crippen LogP contribution is -2.35. The third kappa shape index (κ3) is 3.72. The van der Waals surface area contributed by atoms with Crippen LogP contribution in [0.25, 0.3) is 10.9 Å². The number of aliphatic hydroxyl groups excluding tert-OH is 1. The third-order valence-corrected chi connectivity index (χ3v) is 4.50. The van der Waals surface area contributed by atoms with Crippen LogP contribution in [0.3, 0.4) is 0 Å². The fourth-order valence-corrected chi connectivity index (χ4v) is 3.17. The van der Waals surface area contributed by atoms with E-state index in [2.05, 4.69) is 15.6 Å². The molecule has 0 unspecified atom stereocenters. The van der Waals surface area contributed by atoms with Crippen molar-refractivity contribution in [2.45, 2.75) is 18.9 Å². The molecule has 1 aromatic heterocycles. The zero-order valence-electron chi connectivity index (χ0n) is 13.0. The molecule has 124 valence electrons. The van der Waals surface area contributed by atoms with Gasteiger partial charge in [0.05, 0.1) is 11.6 Å². The number of benzene rings is 1. The second kappa shape index (κ2) is 7.12. The number of aromatic nitrogens is 1. The summed E-state index contributed by atoms with van der Waals surface area (Å²) < 4.78 is 0. The van der Waals surface area contributed by atoms with Crippen molar-refractivity contribution in [1.82, 2.24) is 15.6 Å². The molecule has 1 saturated heterocycles. The molecule has 1 atom stereocenters. The molecule has 1 aromatic carbocycles. The molecular weight excluding hydrogens is 294 g/mol. The van der Waals surface area contributed by atoms with Gasteiger partial charge in [-0.2, -0.15) is 0 Å².